The number of aliphatic hydroxyl groups excluding tert-OH is 1. The minimum Gasteiger partial charge on any atom is -0.494 e. The second-order valence-electron chi connectivity index (χ2n) is 4.35. The van der Waals surface area contributed by atoms with Gasteiger partial charge in [0.25, 0.3) is 0 Å². The maximum Gasteiger partial charge on any atom is 0.129 e. The van der Waals surface area contributed by atoms with Crippen LogP contribution in [0.3, 0.4) is 0 Å². The first-order valence-corrected chi connectivity index (χ1v) is 6.37. The first-order chi connectivity index (χ1) is 9.22. The summed E-state index contributed by atoms with van der Waals surface area (Å²) in [6.07, 6.45) is -0.0634. The molecule has 2 aromatic rings. The SMILES string of the molecule is CCCOc1cccc(C(O)c2ccccc2F)c1. The second kappa shape index (κ2) is 6.34. The molecule has 19 heavy (non-hydrogen) atoms. The lowest BCUT2D eigenvalue weighted by atomic mass is 10.0. The van der Waals surface area contributed by atoms with Gasteiger partial charge in [-0.3, -0.25) is 0 Å². The number of benzene rings is 2. The summed E-state index contributed by atoms with van der Waals surface area (Å²) in [7, 11) is 0. The van der Waals surface area contributed by atoms with Gasteiger partial charge in [-0.25, -0.2) is 4.39 Å². The largest absolute Gasteiger partial charge is 0.494 e. The summed E-state index contributed by atoms with van der Waals surface area (Å²) < 4.78 is 19.1. The molecule has 0 fully saturated rings. The minimum absolute atomic E-state index is 0.273. The summed E-state index contributed by atoms with van der Waals surface area (Å²) >= 11 is 0. The van der Waals surface area contributed by atoms with E-state index in [9.17, 15) is 9.50 Å². The van der Waals surface area contributed by atoms with Crippen molar-refractivity contribution >= 4 is 0 Å². The number of rotatable bonds is 5. The van der Waals surface area contributed by atoms with E-state index in [0.717, 1.165) is 6.42 Å². The lowest BCUT2D eigenvalue weighted by Gasteiger charge is -2.13. The third kappa shape index (κ3) is 3.32. The summed E-state index contributed by atoms with van der Waals surface area (Å²) in [5, 5.41) is 10.2. The molecule has 0 bridgehead atoms. The van der Waals surface area contributed by atoms with Crippen molar-refractivity contribution in [1.29, 1.82) is 0 Å². The quantitative estimate of drug-likeness (QED) is 0.888. The molecule has 0 spiro atoms. The van der Waals surface area contributed by atoms with Gasteiger partial charge < -0.3 is 9.84 Å². The Morgan fingerprint density at radius 3 is 2.68 bits per heavy atom. The predicted octanol–water partition coefficient (Wildman–Crippen LogP) is 3.70. The maximum absolute atomic E-state index is 13.6. The molecule has 0 aliphatic heterocycles. The average Bonchev–Trinajstić information content (AvgIpc) is 2.45. The van der Waals surface area contributed by atoms with Crippen molar-refractivity contribution in [3.63, 3.8) is 0 Å². The molecule has 0 aliphatic carbocycles. The van der Waals surface area contributed by atoms with Crippen LogP contribution in [0.1, 0.15) is 30.6 Å². The highest BCUT2D eigenvalue weighted by Crippen LogP contribution is 2.26. The number of aliphatic hydroxyl groups is 1. The van der Waals surface area contributed by atoms with Crippen LogP contribution >= 0.6 is 0 Å². The fraction of sp³-hybridized carbons (Fsp3) is 0.250. The van der Waals surface area contributed by atoms with E-state index in [4.69, 9.17) is 4.74 Å². The molecule has 1 unspecified atom stereocenters. The molecule has 0 radical (unpaired) electrons. The van der Waals surface area contributed by atoms with Gasteiger partial charge in [-0.2, -0.15) is 0 Å². The Bertz CT molecular complexity index is 540. The van der Waals surface area contributed by atoms with Gasteiger partial charge >= 0.3 is 0 Å². The molecule has 1 atom stereocenters. The zero-order valence-corrected chi connectivity index (χ0v) is 10.8. The van der Waals surface area contributed by atoms with Gasteiger partial charge in [0, 0.05) is 5.56 Å². The Labute approximate surface area is 112 Å². The van der Waals surface area contributed by atoms with Crippen molar-refractivity contribution in [2.45, 2.75) is 19.4 Å². The van der Waals surface area contributed by atoms with E-state index < -0.39 is 11.9 Å². The number of ether oxygens (including phenoxy) is 1. The third-order valence-corrected chi connectivity index (χ3v) is 2.85. The maximum atomic E-state index is 13.6. The highest BCUT2D eigenvalue weighted by atomic mass is 19.1. The lowest BCUT2D eigenvalue weighted by molar-refractivity contribution is 0.214. The Morgan fingerprint density at radius 1 is 1.16 bits per heavy atom. The van der Waals surface area contributed by atoms with Gasteiger partial charge in [0.2, 0.25) is 0 Å². The monoisotopic (exact) mass is 260 g/mol. The first-order valence-electron chi connectivity index (χ1n) is 6.37. The van der Waals surface area contributed by atoms with Gasteiger partial charge in [-0.05, 0) is 30.2 Å². The molecule has 0 saturated carbocycles. The lowest BCUT2D eigenvalue weighted by Crippen LogP contribution is -2.03. The van der Waals surface area contributed by atoms with Crippen LogP contribution in [0, 0.1) is 5.82 Å². The molecular formula is C16H17FO2. The molecule has 3 heteroatoms. The molecule has 2 aromatic carbocycles. The fourth-order valence-electron chi connectivity index (χ4n) is 1.87. The molecule has 2 nitrogen and oxygen atoms in total. The first kappa shape index (κ1) is 13.6. The summed E-state index contributed by atoms with van der Waals surface area (Å²) in [4.78, 5) is 0. The van der Waals surface area contributed by atoms with Gasteiger partial charge in [0.05, 0.1) is 6.61 Å². The normalized spacial score (nSPS) is 12.2. The van der Waals surface area contributed by atoms with Gasteiger partial charge in [-0.15, -0.1) is 0 Å². The Balaban J connectivity index is 2.24. The molecular weight excluding hydrogens is 243 g/mol. The van der Waals surface area contributed by atoms with Crippen LogP contribution in [-0.2, 0) is 0 Å². The molecule has 0 amide bonds. The van der Waals surface area contributed by atoms with Crippen LogP contribution in [-0.4, -0.2) is 11.7 Å². The van der Waals surface area contributed by atoms with Crippen LogP contribution in [0.15, 0.2) is 48.5 Å². The summed E-state index contributed by atoms with van der Waals surface area (Å²) in [5.74, 6) is 0.282. The van der Waals surface area contributed by atoms with Crippen LogP contribution < -0.4 is 4.74 Å². The number of hydrogen-bond donors (Lipinski definition) is 1. The van der Waals surface area contributed by atoms with Crippen LogP contribution in [0.25, 0.3) is 0 Å². The van der Waals surface area contributed by atoms with Crippen molar-refractivity contribution in [3.8, 4) is 5.75 Å². The number of halogens is 1. The second-order valence-corrected chi connectivity index (χ2v) is 4.35. The van der Waals surface area contributed by atoms with E-state index in [-0.39, 0.29) is 5.56 Å². The zero-order chi connectivity index (χ0) is 13.7. The Hall–Kier alpha value is -1.87. The molecule has 0 aromatic heterocycles. The topological polar surface area (TPSA) is 29.5 Å². The summed E-state index contributed by atoms with van der Waals surface area (Å²) in [6.45, 7) is 2.65. The average molecular weight is 260 g/mol. The molecule has 100 valence electrons. The highest BCUT2D eigenvalue weighted by molar-refractivity contribution is 5.35. The third-order valence-electron chi connectivity index (χ3n) is 2.85. The van der Waals surface area contributed by atoms with Crippen molar-refractivity contribution in [1.82, 2.24) is 0 Å². The van der Waals surface area contributed by atoms with Crippen LogP contribution in [0.5, 0.6) is 5.75 Å². The highest BCUT2D eigenvalue weighted by Gasteiger charge is 2.14. The van der Waals surface area contributed by atoms with E-state index in [1.165, 1.54) is 6.07 Å². The van der Waals surface area contributed by atoms with Crippen molar-refractivity contribution < 1.29 is 14.2 Å². The van der Waals surface area contributed by atoms with E-state index in [0.29, 0.717) is 17.9 Å². The van der Waals surface area contributed by atoms with Crippen molar-refractivity contribution in [3.05, 3.63) is 65.5 Å². The number of hydrogen-bond acceptors (Lipinski definition) is 2. The molecule has 0 heterocycles. The zero-order valence-electron chi connectivity index (χ0n) is 10.8. The van der Waals surface area contributed by atoms with Gasteiger partial charge in [0.15, 0.2) is 0 Å². The molecule has 1 N–H and O–H groups in total. The predicted molar refractivity (Wildman–Crippen MR) is 72.7 cm³/mol. The molecule has 0 saturated heterocycles. The van der Waals surface area contributed by atoms with Gasteiger partial charge in [-0.1, -0.05) is 37.3 Å². The van der Waals surface area contributed by atoms with E-state index in [2.05, 4.69) is 0 Å². The summed E-state index contributed by atoms with van der Waals surface area (Å²) in [6, 6.07) is 13.4. The van der Waals surface area contributed by atoms with E-state index >= 15 is 0 Å². The molecule has 2 rings (SSSR count). The Kier molecular flexibility index (Phi) is 4.53. The van der Waals surface area contributed by atoms with Crippen LogP contribution in [0.2, 0.25) is 0 Å². The van der Waals surface area contributed by atoms with E-state index in [1.54, 1.807) is 36.4 Å². The fourth-order valence-corrected chi connectivity index (χ4v) is 1.87. The standard InChI is InChI=1S/C16H17FO2/c1-2-10-19-13-7-5-6-12(11-13)16(18)14-8-3-4-9-15(14)17/h3-9,11,16,18H,2,10H2,1H3. The van der Waals surface area contributed by atoms with Crippen molar-refractivity contribution in [2.75, 3.05) is 6.61 Å². The smallest absolute Gasteiger partial charge is 0.129 e. The molecule has 0 aliphatic rings. The minimum atomic E-state index is -0.980. The van der Waals surface area contributed by atoms with E-state index in [1.807, 2.05) is 13.0 Å². The van der Waals surface area contributed by atoms with Crippen LogP contribution in [0.4, 0.5) is 4.39 Å². The summed E-state index contributed by atoms with van der Waals surface area (Å²) in [5.41, 5.74) is 0.897. The van der Waals surface area contributed by atoms with Crippen molar-refractivity contribution in [2.24, 2.45) is 0 Å². The Morgan fingerprint density at radius 2 is 1.95 bits per heavy atom. The van der Waals surface area contributed by atoms with Gasteiger partial charge in [0.1, 0.15) is 17.7 Å².